The topological polar surface area (TPSA) is 71.6 Å². The Labute approximate surface area is 85.4 Å². The highest BCUT2D eigenvalue weighted by atomic mass is 19.1. The van der Waals surface area contributed by atoms with Crippen LogP contribution in [0.1, 0.15) is 6.92 Å². The highest BCUT2D eigenvalue weighted by Crippen LogP contribution is 2.21. The number of hydrazone groups is 1. The molecule has 2 N–H and O–H groups in total. The van der Waals surface area contributed by atoms with Gasteiger partial charge in [0.25, 0.3) is 5.91 Å². The summed E-state index contributed by atoms with van der Waals surface area (Å²) in [5.74, 6) is -0.359. The van der Waals surface area contributed by atoms with E-state index in [1.807, 2.05) is 0 Å². The second-order valence-corrected chi connectivity index (χ2v) is 3.20. The highest BCUT2D eigenvalue weighted by Gasteiger charge is 2.34. The number of pyridine rings is 1. The largest absolute Gasteiger partial charge is 0.384 e. The number of carbonyl (C=O) groups excluding carboxylic acids is 1. The van der Waals surface area contributed by atoms with E-state index in [2.05, 4.69) is 10.1 Å². The molecule has 0 radical (unpaired) electrons. The summed E-state index contributed by atoms with van der Waals surface area (Å²) in [6, 6.07) is 3.09. The van der Waals surface area contributed by atoms with E-state index in [0.717, 1.165) is 5.01 Å². The minimum Gasteiger partial charge on any atom is -0.384 e. The summed E-state index contributed by atoms with van der Waals surface area (Å²) < 4.78 is 13.2. The molecule has 2 rings (SSSR count). The maximum absolute atomic E-state index is 13.2. The van der Waals surface area contributed by atoms with E-state index in [-0.39, 0.29) is 5.71 Å². The number of hydrogen-bond acceptors (Lipinski definition) is 4. The Bertz CT molecular complexity index is 428. The normalized spacial score (nSPS) is 20.7. The first-order valence-electron chi connectivity index (χ1n) is 4.34. The number of carbonyl (C=O) groups is 1. The van der Waals surface area contributed by atoms with Crippen molar-refractivity contribution in [2.24, 2.45) is 5.10 Å². The predicted octanol–water partition coefficient (Wildman–Crippen LogP) is 0.724. The zero-order valence-electron chi connectivity index (χ0n) is 8.01. The standard InChI is InChI=1S/C9H9FN4O/c1-5-8(10)9(15)14(13-5)6-2-3-7(11)12-4-6/h2-4,8H,1H3,(H2,11,12)/t8-/m1/s1. The molecule has 0 aromatic carbocycles. The van der Waals surface area contributed by atoms with Crippen LogP contribution in [0.5, 0.6) is 0 Å². The van der Waals surface area contributed by atoms with Gasteiger partial charge in [0, 0.05) is 0 Å². The molecule has 78 valence electrons. The zero-order chi connectivity index (χ0) is 11.0. The Morgan fingerprint density at radius 2 is 2.27 bits per heavy atom. The minimum absolute atomic E-state index is 0.150. The lowest BCUT2D eigenvalue weighted by Crippen LogP contribution is -2.28. The predicted molar refractivity (Wildman–Crippen MR) is 54.1 cm³/mol. The van der Waals surface area contributed by atoms with Crippen LogP contribution in [0.25, 0.3) is 0 Å². The molecule has 0 bridgehead atoms. The minimum atomic E-state index is -1.65. The van der Waals surface area contributed by atoms with Gasteiger partial charge in [-0.25, -0.2) is 9.37 Å². The van der Waals surface area contributed by atoms with Gasteiger partial charge in [0.05, 0.1) is 17.6 Å². The lowest BCUT2D eigenvalue weighted by atomic mass is 10.2. The van der Waals surface area contributed by atoms with Gasteiger partial charge in [0.1, 0.15) is 5.82 Å². The first kappa shape index (κ1) is 9.57. The molecule has 1 aromatic heterocycles. The van der Waals surface area contributed by atoms with Crippen LogP contribution in [0.4, 0.5) is 15.9 Å². The summed E-state index contributed by atoms with van der Waals surface area (Å²) in [6.45, 7) is 1.47. The van der Waals surface area contributed by atoms with E-state index in [0.29, 0.717) is 11.5 Å². The van der Waals surface area contributed by atoms with E-state index in [1.165, 1.54) is 19.2 Å². The second-order valence-electron chi connectivity index (χ2n) is 3.20. The van der Waals surface area contributed by atoms with Crippen molar-refractivity contribution in [3.05, 3.63) is 18.3 Å². The SMILES string of the molecule is CC1=NN(c2ccc(N)nc2)C(=O)[C@@H]1F. The molecule has 0 saturated carbocycles. The number of anilines is 2. The van der Waals surface area contributed by atoms with Gasteiger partial charge in [-0.1, -0.05) is 0 Å². The smallest absolute Gasteiger partial charge is 0.287 e. The summed E-state index contributed by atoms with van der Waals surface area (Å²) in [6.07, 6.45) is -0.273. The summed E-state index contributed by atoms with van der Waals surface area (Å²) in [5.41, 5.74) is 5.95. The number of aromatic nitrogens is 1. The third kappa shape index (κ3) is 1.54. The van der Waals surface area contributed by atoms with Crippen molar-refractivity contribution in [1.29, 1.82) is 0 Å². The molecule has 1 amide bonds. The monoisotopic (exact) mass is 208 g/mol. The Balaban J connectivity index is 2.33. The molecule has 0 spiro atoms. The van der Waals surface area contributed by atoms with Crippen molar-refractivity contribution in [3.8, 4) is 0 Å². The van der Waals surface area contributed by atoms with E-state index >= 15 is 0 Å². The number of alkyl halides is 1. The molecule has 1 atom stereocenters. The highest BCUT2D eigenvalue weighted by molar-refractivity contribution is 6.17. The Kier molecular flexibility index (Phi) is 2.11. The van der Waals surface area contributed by atoms with Crippen molar-refractivity contribution in [2.45, 2.75) is 13.1 Å². The van der Waals surface area contributed by atoms with Crippen LogP contribution < -0.4 is 10.7 Å². The van der Waals surface area contributed by atoms with Crippen LogP contribution in [0.2, 0.25) is 0 Å². The number of hydrogen-bond donors (Lipinski definition) is 1. The quantitative estimate of drug-likeness (QED) is 0.739. The molecule has 0 unspecified atom stereocenters. The fraction of sp³-hybridized carbons (Fsp3) is 0.222. The van der Waals surface area contributed by atoms with Crippen molar-refractivity contribution < 1.29 is 9.18 Å². The molecular formula is C9H9FN4O. The number of nitrogens with zero attached hydrogens (tertiary/aromatic N) is 3. The van der Waals surface area contributed by atoms with Gasteiger partial charge < -0.3 is 5.73 Å². The summed E-state index contributed by atoms with van der Waals surface area (Å²) in [4.78, 5) is 15.2. The lowest BCUT2D eigenvalue weighted by Gasteiger charge is -2.10. The summed E-state index contributed by atoms with van der Waals surface area (Å²) in [7, 11) is 0. The van der Waals surface area contributed by atoms with Crippen LogP contribution in [0.15, 0.2) is 23.4 Å². The van der Waals surface area contributed by atoms with Crippen molar-refractivity contribution in [3.63, 3.8) is 0 Å². The molecule has 0 aliphatic carbocycles. The molecule has 6 heteroatoms. The average molecular weight is 208 g/mol. The van der Waals surface area contributed by atoms with Crippen LogP contribution in [-0.4, -0.2) is 22.8 Å². The molecule has 5 nitrogen and oxygen atoms in total. The van der Waals surface area contributed by atoms with Crippen LogP contribution in [0, 0.1) is 0 Å². The van der Waals surface area contributed by atoms with Gasteiger partial charge in [-0.15, -0.1) is 0 Å². The van der Waals surface area contributed by atoms with Crippen LogP contribution in [0.3, 0.4) is 0 Å². The van der Waals surface area contributed by atoms with E-state index < -0.39 is 12.1 Å². The average Bonchev–Trinajstić information content (AvgIpc) is 2.47. The van der Waals surface area contributed by atoms with Gasteiger partial charge in [0.15, 0.2) is 0 Å². The van der Waals surface area contributed by atoms with Gasteiger partial charge in [-0.05, 0) is 19.1 Å². The first-order valence-corrected chi connectivity index (χ1v) is 4.34. The van der Waals surface area contributed by atoms with E-state index in [9.17, 15) is 9.18 Å². The molecule has 1 aliphatic rings. The van der Waals surface area contributed by atoms with Gasteiger partial charge in [-0.3, -0.25) is 4.79 Å². The zero-order valence-corrected chi connectivity index (χ0v) is 8.01. The Morgan fingerprint density at radius 1 is 1.53 bits per heavy atom. The van der Waals surface area contributed by atoms with Crippen molar-refractivity contribution >= 4 is 23.1 Å². The molecule has 1 aliphatic heterocycles. The molecule has 1 aromatic rings. The molecule has 2 heterocycles. The fourth-order valence-corrected chi connectivity index (χ4v) is 1.25. The Morgan fingerprint density at radius 3 is 2.73 bits per heavy atom. The number of nitrogens with two attached hydrogens (primary N) is 1. The number of nitrogen functional groups attached to an aromatic ring is 1. The molecule has 15 heavy (non-hydrogen) atoms. The number of halogens is 1. The Hall–Kier alpha value is -1.98. The van der Waals surface area contributed by atoms with Crippen molar-refractivity contribution in [2.75, 3.05) is 10.7 Å². The lowest BCUT2D eigenvalue weighted by molar-refractivity contribution is -0.120. The first-order chi connectivity index (χ1) is 7.09. The number of rotatable bonds is 1. The second kappa shape index (κ2) is 3.30. The molecule has 0 fully saturated rings. The van der Waals surface area contributed by atoms with E-state index in [4.69, 9.17) is 5.73 Å². The van der Waals surface area contributed by atoms with Crippen LogP contribution in [-0.2, 0) is 4.79 Å². The number of amides is 1. The maximum Gasteiger partial charge on any atom is 0.287 e. The van der Waals surface area contributed by atoms with Gasteiger partial charge >= 0.3 is 0 Å². The van der Waals surface area contributed by atoms with Gasteiger partial charge in [-0.2, -0.15) is 10.1 Å². The molecular weight excluding hydrogens is 199 g/mol. The maximum atomic E-state index is 13.2. The van der Waals surface area contributed by atoms with Gasteiger partial charge in [0.2, 0.25) is 6.17 Å². The van der Waals surface area contributed by atoms with Crippen molar-refractivity contribution in [1.82, 2.24) is 4.98 Å². The van der Waals surface area contributed by atoms with Crippen LogP contribution >= 0.6 is 0 Å². The fourth-order valence-electron chi connectivity index (χ4n) is 1.25. The third-order valence-corrected chi connectivity index (χ3v) is 2.07. The summed E-state index contributed by atoms with van der Waals surface area (Å²) in [5, 5.41) is 4.79. The summed E-state index contributed by atoms with van der Waals surface area (Å²) >= 11 is 0. The van der Waals surface area contributed by atoms with E-state index in [1.54, 1.807) is 6.07 Å². The molecule has 0 saturated heterocycles. The third-order valence-electron chi connectivity index (χ3n) is 2.07.